The zero-order chi connectivity index (χ0) is 9.14. The first-order valence-electron chi connectivity index (χ1n) is 3.94. The van der Waals surface area contributed by atoms with E-state index in [2.05, 4.69) is 6.92 Å². The predicted octanol–water partition coefficient (Wildman–Crippen LogP) is 3.56. The molecule has 12 heavy (non-hydrogen) atoms. The highest BCUT2D eigenvalue weighted by Gasteiger charge is 2.08. The minimum atomic E-state index is 0.101. The van der Waals surface area contributed by atoms with Crippen LogP contribution in [0, 0.1) is 0 Å². The summed E-state index contributed by atoms with van der Waals surface area (Å²) >= 11 is 7.44. The monoisotopic (exact) mass is 202 g/mol. The number of hydrogen-bond donors (Lipinski definition) is 0. The van der Waals surface area contributed by atoms with Gasteiger partial charge in [0.2, 0.25) is 0 Å². The second-order valence-electron chi connectivity index (χ2n) is 2.69. The minimum absolute atomic E-state index is 0.101. The molecule has 0 radical (unpaired) electrons. The van der Waals surface area contributed by atoms with Crippen molar-refractivity contribution in [3.05, 3.63) is 20.8 Å². The summed E-state index contributed by atoms with van der Waals surface area (Å²) in [5, 5.41) is 0.743. The third-order valence-electron chi connectivity index (χ3n) is 1.58. The lowest BCUT2D eigenvalue weighted by Crippen LogP contribution is -1.83. The van der Waals surface area contributed by atoms with Crippen molar-refractivity contribution in [3.8, 4) is 0 Å². The Bertz CT molecular complexity index is 291. The van der Waals surface area contributed by atoms with E-state index in [0.29, 0.717) is 0 Å². The molecule has 0 unspecified atom stereocenters. The SMILES string of the molecule is CCCc1sc(C(C)=O)cc1Cl. The third-order valence-corrected chi connectivity index (χ3v) is 3.33. The molecule has 1 nitrogen and oxygen atoms in total. The van der Waals surface area contributed by atoms with Gasteiger partial charge < -0.3 is 0 Å². The van der Waals surface area contributed by atoms with Gasteiger partial charge in [-0.2, -0.15) is 0 Å². The molecule has 0 amide bonds. The summed E-state index contributed by atoms with van der Waals surface area (Å²) < 4.78 is 0. The average molecular weight is 203 g/mol. The highest BCUT2D eigenvalue weighted by molar-refractivity contribution is 7.14. The molecule has 66 valence electrons. The van der Waals surface area contributed by atoms with Crippen molar-refractivity contribution < 1.29 is 4.79 Å². The minimum Gasteiger partial charge on any atom is -0.294 e. The van der Waals surface area contributed by atoms with Gasteiger partial charge in [-0.1, -0.05) is 24.9 Å². The molecule has 3 heteroatoms. The van der Waals surface area contributed by atoms with Crippen molar-refractivity contribution in [1.82, 2.24) is 0 Å². The molecule has 0 aliphatic rings. The molecule has 0 atom stereocenters. The molecule has 1 rings (SSSR count). The van der Waals surface area contributed by atoms with E-state index in [1.165, 1.54) is 11.3 Å². The maximum absolute atomic E-state index is 11.0. The Morgan fingerprint density at radius 2 is 2.33 bits per heavy atom. The average Bonchev–Trinajstić information content (AvgIpc) is 2.34. The van der Waals surface area contributed by atoms with E-state index in [9.17, 15) is 4.79 Å². The second-order valence-corrected chi connectivity index (χ2v) is 4.23. The van der Waals surface area contributed by atoms with Crippen LogP contribution < -0.4 is 0 Å². The first kappa shape index (κ1) is 9.75. The summed E-state index contributed by atoms with van der Waals surface area (Å²) in [7, 11) is 0. The van der Waals surface area contributed by atoms with Crippen LogP contribution in [0.3, 0.4) is 0 Å². The first-order chi connectivity index (χ1) is 5.65. The highest BCUT2D eigenvalue weighted by Crippen LogP contribution is 2.28. The number of aryl methyl sites for hydroxylation is 1. The molecular weight excluding hydrogens is 192 g/mol. The molecule has 0 spiro atoms. The van der Waals surface area contributed by atoms with E-state index in [0.717, 1.165) is 27.6 Å². The largest absolute Gasteiger partial charge is 0.294 e. The van der Waals surface area contributed by atoms with Gasteiger partial charge in [0, 0.05) is 4.88 Å². The summed E-state index contributed by atoms with van der Waals surface area (Å²) in [4.78, 5) is 12.9. The van der Waals surface area contributed by atoms with Gasteiger partial charge >= 0.3 is 0 Å². The lowest BCUT2D eigenvalue weighted by Gasteiger charge is -1.90. The second kappa shape index (κ2) is 4.06. The topological polar surface area (TPSA) is 17.1 Å². The van der Waals surface area contributed by atoms with Crippen molar-refractivity contribution in [1.29, 1.82) is 0 Å². The van der Waals surface area contributed by atoms with Gasteiger partial charge in [0.05, 0.1) is 9.90 Å². The summed E-state index contributed by atoms with van der Waals surface area (Å²) in [6, 6.07) is 1.76. The molecular formula is C9H11ClOS. The van der Waals surface area contributed by atoms with Gasteiger partial charge in [-0.15, -0.1) is 11.3 Å². The van der Waals surface area contributed by atoms with Crippen LogP contribution in [0.1, 0.15) is 34.8 Å². The molecule has 1 heterocycles. The van der Waals surface area contributed by atoms with Crippen LogP contribution in [0.4, 0.5) is 0 Å². The van der Waals surface area contributed by atoms with Crippen LogP contribution in [0.5, 0.6) is 0 Å². The molecule has 1 aromatic heterocycles. The van der Waals surface area contributed by atoms with Gasteiger partial charge in [-0.3, -0.25) is 4.79 Å². The number of rotatable bonds is 3. The molecule has 0 aliphatic heterocycles. The van der Waals surface area contributed by atoms with E-state index in [1.807, 2.05) is 0 Å². The summed E-state index contributed by atoms with van der Waals surface area (Å²) in [6.45, 7) is 3.67. The molecule has 0 bridgehead atoms. The van der Waals surface area contributed by atoms with Gasteiger partial charge in [0.15, 0.2) is 5.78 Å². The Balaban J connectivity index is 2.92. The standard InChI is InChI=1S/C9H11ClOS/c1-3-4-8-7(10)5-9(12-8)6(2)11/h5H,3-4H2,1-2H3. The number of hydrogen-bond acceptors (Lipinski definition) is 2. The van der Waals surface area contributed by atoms with Crippen LogP contribution in [-0.4, -0.2) is 5.78 Å². The number of halogens is 1. The fraction of sp³-hybridized carbons (Fsp3) is 0.444. The smallest absolute Gasteiger partial charge is 0.169 e. The Hall–Kier alpha value is -0.340. The Morgan fingerprint density at radius 3 is 2.75 bits per heavy atom. The van der Waals surface area contributed by atoms with Crippen LogP contribution in [0.25, 0.3) is 0 Å². The number of thiophene rings is 1. The number of ketones is 1. The maximum atomic E-state index is 11.0. The van der Waals surface area contributed by atoms with Crippen LogP contribution in [-0.2, 0) is 6.42 Å². The van der Waals surface area contributed by atoms with Gasteiger partial charge in [-0.25, -0.2) is 0 Å². The summed E-state index contributed by atoms with van der Waals surface area (Å²) in [5.74, 6) is 0.101. The van der Waals surface area contributed by atoms with Crippen LogP contribution in [0.15, 0.2) is 6.07 Å². The molecule has 0 fully saturated rings. The van der Waals surface area contributed by atoms with Crippen molar-refractivity contribution in [3.63, 3.8) is 0 Å². The Kier molecular flexibility index (Phi) is 3.29. The zero-order valence-electron chi connectivity index (χ0n) is 7.19. The van der Waals surface area contributed by atoms with E-state index in [-0.39, 0.29) is 5.78 Å². The van der Waals surface area contributed by atoms with E-state index >= 15 is 0 Å². The summed E-state index contributed by atoms with van der Waals surface area (Å²) in [5.41, 5.74) is 0. The van der Waals surface area contributed by atoms with Crippen LogP contribution >= 0.6 is 22.9 Å². The van der Waals surface area contributed by atoms with Crippen molar-refractivity contribution in [2.75, 3.05) is 0 Å². The van der Waals surface area contributed by atoms with Crippen molar-refractivity contribution >= 4 is 28.7 Å². The maximum Gasteiger partial charge on any atom is 0.169 e. The fourth-order valence-corrected chi connectivity index (χ4v) is 2.41. The van der Waals surface area contributed by atoms with Gasteiger partial charge in [0.1, 0.15) is 0 Å². The number of carbonyl (C=O) groups excluding carboxylic acids is 1. The Morgan fingerprint density at radius 1 is 1.67 bits per heavy atom. The Labute approximate surface area is 81.4 Å². The van der Waals surface area contributed by atoms with Crippen molar-refractivity contribution in [2.24, 2.45) is 0 Å². The lowest BCUT2D eigenvalue weighted by atomic mass is 10.3. The van der Waals surface area contributed by atoms with Gasteiger partial charge in [0.25, 0.3) is 0 Å². The number of carbonyl (C=O) groups is 1. The summed E-state index contributed by atoms with van der Waals surface area (Å²) in [6.07, 6.45) is 2.04. The molecule has 1 aromatic rings. The molecule has 0 aliphatic carbocycles. The van der Waals surface area contributed by atoms with Gasteiger partial charge in [-0.05, 0) is 19.4 Å². The molecule has 0 saturated carbocycles. The third kappa shape index (κ3) is 2.08. The number of Topliss-reactive ketones (excluding diaryl/α,β-unsaturated/α-hetero) is 1. The molecule has 0 N–H and O–H groups in total. The van der Waals surface area contributed by atoms with E-state index in [4.69, 9.17) is 11.6 Å². The zero-order valence-corrected chi connectivity index (χ0v) is 8.76. The quantitative estimate of drug-likeness (QED) is 0.686. The molecule has 0 aromatic carbocycles. The predicted molar refractivity (Wildman–Crippen MR) is 53.3 cm³/mol. The fourth-order valence-electron chi connectivity index (χ4n) is 0.978. The molecule has 0 saturated heterocycles. The van der Waals surface area contributed by atoms with E-state index in [1.54, 1.807) is 13.0 Å². The first-order valence-corrected chi connectivity index (χ1v) is 5.13. The lowest BCUT2D eigenvalue weighted by molar-refractivity contribution is 0.102. The van der Waals surface area contributed by atoms with Crippen molar-refractivity contribution in [2.45, 2.75) is 26.7 Å². The normalized spacial score (nSPS) is 10.2. The van der Waals surface area contributed by atoms with E-state index < -0.39 is 0 Å². The van der Waals surface area contributed by atoms with Crippen LogP contribution in [0.2, 0.25) is 5.02 Å². The highest BCUT2D eigenvalue weighted by atomic mass is 35.5.